The van der Waals surface area contributed by atoms with E-state index in [4.69, 9.17) is 4.74 Å². The van der Waals surface area contributed by atoms with E-state index in [1.807, 2.05) is 30.3 Å². The zero-order valence-corrected chi connectivity index (χ0v) is 9.41. The van der Waals surface area contributed by atoms with Gasteiger partial charge in [0.25, 0.3) is 0 Å². The number of hydrogen-bond acceptors (Lipinski definition) is 2. The average molecular weight is 215 g/mol. The molecule has 0 amide bonds. The van der Waals surface area contributed by atoms with Crippen LogP contribution in [0.1, 0.15) is 18.4 Å². The number of hydrogen-bond donors (Lipinski definition) is 1. The SMILES string of the molecule is C(#Cc1ccccc1)CNC[C@H]1CCCO1. The summed E-state index contributed by atoms with van der Waals surface area (Å²) >= 11 is 0. The Morgan fingerprint density at radius 2 is 2.19 bits per heavy atom. The molecule has 1 N–H and O–H groups in total. The van der Waals surface area contributed by atoms with E-state index in [0.29, 0.717) is 6.10 Å². The number of rotatable bonds is 3. The Morgan fingerprint density at radius 1 is 1.31 bits per heavy atom. The van der Waals surface area contributed by atoms with E-state index in [1.54, 1.807) is 0 Å². The third-order valence-electron chi connectivity index (χ3n) is 2.62. The van der Waals surface area contributed by atoms with Crippen molar-refractivity contribution in [1.82, 2.24) is 5.32 Å². The van der Waals surface area contributed by atoms with E-state index >= 15 is 0 Å². The molecule has 0 spiro atoms. The van der Waals surface area contributed by atoms with E-state index in [0.717, 1.165) is 25.3 Å². The predicted molar refractivity (Wildman–Crippen MR) is 65.2 cm³/mol. The molecule has 1 aliphatic rings. The van der Waals surface area contributed by atoms with Gasteiger partial charge in [-0.15, -0.1) is 0 Å². The molecule has 2 nitrogen and oxygen atoms in total. The van der Waals surface area contributed by atoms with Gasteiger partial charge in [-0.05, 0) is 25.0 Å². The van der Waals surface area contributed by atoms with Crippen molar-refractivity contribution in [1.29, 1.82) is 0 Å². The summed E-state index contributed by atoms with van der Waals surface area (Å²) in [5.74, 6) is 6.23. The lowest BCUT2D eigenvalue weighted by Crippen LogP contribution is -2.26. The molecule has 0 radical (unpaired) electrons. The van der Waals surface area contributed by atoms with Crippen molar-refractivity contribution in [3.63, 3.8) is 0 Å². The maximum atomic E-state index is 5.51. The monoisotopic (exact) mass is 215 g/mol. The number of nitrogens with one attached hydrogen (secondary N) is 1. The first-order valence-electron chi connectivity index (χ1n) is 5.81. The van der Waals surface area contributed by atoms with Gasteiger partial charge in [-0.2, -0.15) is 0 Å². The van der Waals surface area contributed by atoms with Crippen LogP contribution in [0.5, 0.6) is 0 Å². The van der Waals surface area contributed by atoms with E-state index in [-0.39, 0.29) is 0 Å². The third kappa shape index (κ3) is 3.69. The molecule has 1 atom stereocenters. The zero-order chi connectivity index (χ0) is 11.1. The molecule has 1 aromatic rings. The molecule has 0 bridgehead atoms. The molecule has 1 aliphatic heterocycles. The molecule has 0 saturated carbocycles. The Hall–Kier alpha value is -1.30. The van der Waals surface area contributed by atoms with Gasteiger partial charge in [0.2, 0.25) is 0 Å². The van der Waals surface area contributed by atoms with Crippen molar-refractivity contribution in [2.45, 2.75) is 18.9 Å². The van der Waals surface area contributed by atoms with Crippen LogP contribution in [0, 0.1) is 11.8 Å². The summed E-state index contributed by atoms with van der Waals surface area (Å²) in [6.07, 6.45) is 2.78. The van der Waals surface area contributed by atoms with Crippen LogP contribution in [-0.4, -0.2) is 25.8 Å². The van der Waals surface area contributed by atoms with E-state index < -0.39 is 0 Å². The van der Waals surface area contributed by atoms with Gasteiger partial charge in [0.15, 0.2) is 0 Å². The van der Waals surface area contributed by atoms with Gasteiger partial charge in [0.05, 0.1) is 12.6 Å². The Morgan fingerprint density at radius 3 is 2.94 bits per heavy atom. The summed E-state index contributed by atoms with van der Waals surface area (Å²) in [4.78, 5) is 0. The van der Waals surface area contributed by atoms with Gasteiger partial charge < -0.3 is 10.1 Å². The quantitative estimate of drug-likeness (QED) is 0.613. The van der Waals surface area contributed by atoms with Gasteiger partial charge in [0.1, 0.15) is 0 Å². The van der Waals surface area contributed by atoms with Crippen molar-refractivity contribution in [3.05, 3.63) is 35.9 Å². The molecule has 0 aromatic heterocycles. The molecule has 1 fully saturated rings. The van der Waals surface area contributed by atoms with Crippen LogP contribution in [0.15, 0.2) is 30.3 Å². The largest absolute Gasteiger partial charge is 0.377 e. The second-order valence-corrected chi connectivity index (χ2v) is 3.93. The second-order valence-electron chi connectivity index (χ2n) is 3.93. The van der Waals surface area contributed by atoms with Crippen LogP contribution in [-0.2, 0) is 4.74 Å². The molecule has 16 heavy (non-hydrogen) atoms. The Bertz CT molecular complexity index is 357. The van der Waals surface area contributed by atoms with Gasteiger partial charge in [0, 0.05) is 18.7 Å². The van der Waals surface area contributed by atoms with Crippen molar-refractivity contribution in [2.75, 3.05) is 19.7 Å². The zero-order valence-electron chi connectivity index (χ0n) is 9.41. The minimum atomic E-state index is 0.401. The lowest BCUT2D eigenvalue weighted by Gasteiger charge is -2.07. The molecular weight excluding hydrogens is 198 g/mol. The van der Waals surface area contributed by atoms with Crippen LogP contribution in [0.3, 0.4) is 0 Å². The number of ether oxygens (including phenoxy) is 1. The maximum absolute atomic E-state index is 5.51. The van der Waals surface area contributed by atoms with Crippen molar-refractivity contribution >= 4 is 0 Å². The highest BCUT2D eigenvalue weighted by atomic mass is 16.5. The molecule has 2 heteroatoms. The maximum Gasteiger partial charge on any atom is 0.0700 e. The highest BCUT2D eigenvalue weighted by Crippen LogP contribution is 2.10. The first-order chi connectivity index (χ1) is 7.95. The molecule has 2 rings (SSSR count). The Balaban J connectivity index is 1.66. The first kappa shape index (κ1) is 11.2. The average Bonchev–Trinajstić information content (AvgIpc) is 2.83. The minimum Gasteiger partial charge on any atom is -0.377 e. The third-order valence-corrected chi connectivity index (χ3v) is 2.62. The van der Waals surface area contributed by atoms with Crippen molar-refractivity contribution in [2.24, 2.45) is 0 Å². The van der Waals surface area contributed by atoms with Crippen LogP contribution in [0.4, 0.5) is 0 Å². The minimum absolute atomic E-state index is 0.401. The lowest BCUT2D eigenvalue weighted by molar-refractivity contribution is 0.111. The van der Waals surface area contributed by atoms with Gasteiger partial charge in [-0.25, -0.2) is 0 Å². The highest BCUT2D eigenvalue weighted by Gasteiger charge is 2.13. The predicted octanol–water partition coefficient (Wildman–Crippen LogP) is 1.81. The Labute approximate surface area is 97.0 Å². The highest BCUT2D eigenvalue weighted by molar-refractivity contribution is 5.33. The molecule has 1 heterocycles. The van der Waals surface area contributed by atoms with Crippen LogP contribution >= 0.6 is 0 Å². The summed E-state index contributed by atoms with van der Waals surface area (Å²) < 4.78 is 5.51. The fourth-order valence-corrected chi connectivity index (χ4v) is 1.77. The summed E-state index contributed by atoms with van der Waals surface area (Å²) in [5.41, 5.74) is 1.07. The number of benzene rings is 1. The van der Waals surface area contributed by atoms with Crippen molar-refractivity contribution in [3.8, 4) is 11.8 Å². The first-order valence-corrected chi connectivity index (χ1v) is 5.81. The molecule has 84 valence electrons. The normalized spacial score (nSPS) is 19.1. The fourth-order valence-electron chi connectivity index (χ4n) is 1.77. The molecule has 0 aliphatic carbocycles. The van der Waals surface area contributed by atoms with E-state index in [2.05, 4.69) is 17.2 Å². The second kappa shape index (κ2) is 6.32. The van der Waals surface area contributed by atoms with Crippen molar-refractivity contribution < 1.29 is 4.74 Å². The summed E-state index contributed by atoms with van der Waals surface area (Å²) in [5, 5.41) is 3.30. The lowest BCUT2D eigenvalue weighted by atomic mass is 10.2. The topological polar surface area (TPSA) is 21.3 Å². The molecule has 1 aromatic carbocycles. The molecular formula is C14H17NO. The van der Waals surface area contributed by atoms with E-state index in [9.17, 15) is 0 Å². The van der Waals surface area contributed by atoms with Crippen LogP contribution in [0.2, 0.25) is 0 Å². The van der Waals surface area contributed by atoms with Crippen LogP contribution < -0.4 is 5.32 Å². The Kier molecular flexibility index (Phi) is 4.42. The summed E-state index contributed by atoms with van der Waals surface area (Å²) in [6, 6.07) is 10.1. The summed E-state index contributed by atoms with van der Waals surface area (Å²) in [7, 11) is 0. The molecule has 0 unspecified atom stereocenters. The van der Waals surface area contributed by atoms with E-state index in [1.165, 1.54) is 12.8 Å². The standard InChI is InChI=1S/C14H17NO/c1-2-6-13(7-3-1)8-4-10-15-12-14-9-5-11-16-14/h1-3,6-7,14-15H,5,9-12H2/t14-/m1/s1. The van der Waals surface area contributed by atoms with Gasteiger partial charge in [-0.1, -0.05) is 30.0 Å². The van der Waals surface area contributed by atoms with Gasteiger partial charge in [-0.3, -0.25) is 0 Å². The molecule has 1 saturated heterocycles. The summed E-state index contributed by atoms with van der Waals surface area (Å²) in [6.45, 7) is 2.57. The van der Waals surface area contributed by atoms with Crippen LogP contribution in [0.25, 0.3) is 0 Å². The smallest absolute Gasteiger partial charge is 0.0700 e. The van der Waals surface area contributed by atoms with Gasteiger partial charge >= 0.3 is 0 Å². The fraction of sp³-hybridized carbons (Fsp3) is 0.429.